The molecule has 82 valence electrons. The van der Waals surface area contributed by atoms with E-state index in [2.05, 4.69) is 11.9 Å². The highest BCUT2D eigenvalue weighted by molar-refractivity contribution is 7.80. The lowest BCUT2D eigenvalue weighted by molar-refractivity contribution is 0.158. The molecule has 3 nitrogen and oxygen atoms in total. The lowest BCUT2D eigenvalue weighted by atomic mass is 10.2. The van der Waals surface area contributed by atoms with Crippen molar-refractivity contribution in [3.8, 4) is 0 Å². The van der Waals surface area contributed by atoms with Gasteiger partial charge in [0.15, 0.2) is 0 Å². The van der Waals surface area contributed by atoms with Crippen LogP contribution in [0.25, 0.3) is 0 Å². The van der Waals surface area contributed by atoms with Gasteiger partial charge in [0.1, 0.15) is 0 Å². The highest BCUT2D eigenvalue weighted by Gasteiger charge is 2.19. The maximum Gasteiger partial charge on any atom is 0.0727 e. The Bertz CT molecular complexity index is 181. The van der Waals surface area contributed by atoms with Crippen LogP contribution in [0.3, 0.4) is 0 Å². The van der Waals surface area contributed by atoms with Crippen molar-refractivity contribution in [1.82, 2.24) is 4.90 Å². The lowest BCUT2D eigenvalue weighted by Crippen LogP contribution is -2.32. The fourth-order valence-corrected chi connectivity index (χ4v) is 1.86. The molecule has 1 unspecified atom stereocenters. The van der Waals surface area contributed by atoms with Crippen LogP contribution >= 0.6 is 12.2 Å². The molecule has 1 rings (SSSR count). The second kappa shape index (κ2) is 6.32. The zero-order chi connectivity index (χ0) is 10.4. The number of nitrogens with two attached hydrogens (primary N) is 1. The van der Waals surface area contributed by atoms with Crippen LogP contribution in [0.4, 0.5) is 0 Å². The van der Waals surface area contributed by atoms with Crippen molar-refractivity contribution >= 4 is 17.2 Å². The molecule has 0 aliphatic carbocycles. The number of nitrogens with zero attached hydrogens (tertiary/aromatic N) is 1. The van der Waals surface area contributed by atoms with Gasteiger partial charge in [-0.1, -0.05) is 12.2 Å². The van der Waals surface area contributed by atoms with Gasteiger partial charge in [-0.3, -0.25) is 0 Å². The van der Waals surface area contributed by atoms with Gasteiger partial charge in [-0.2, -0.15) is 0 Å². The fourth-order valence-electron chi connectivity index (χ4n) is 1.71. The molecule has 0 aromatic carbocycles. The molecule has 1 heterocycles. The quantitative estimate of drug-likeness (QED) is 0.534. The number of likely N-dealkylation sites (N-methyl/N-ethyl adjacent to an activating group) is 1. The molecular weight excluding hydrogens is 196 g/mol. The van der Waals surface area contributed by atoms with Crippen LogP contribution < -0.4 is 5.73 Å². The van der Waals surface area contributed by atoms with Gasteiger partial charge in [-0.15, -0.1) is 0 Å². The van der Waals surface area contributed by atoms with E-state index in [1.54, 1.807) is 0 Å². The van der Waals surface area contributed by atoms with E-state index in [4.69, 9.17) is 22.7 Å². The molecule has 1 aliphatic heterocycles. The molecule has 1 fully saturated rings. The van der Waals surface area contributed by atoms with Crippen LogP contribution in [-0.2, 0) is 4.74 Å². The van der Waals surface area contributed by atoms with Crippen molar-refractivity contribution < 1.29 is 4.74 Å². The molecule has 0 radical (unpaired) electrons. The summed E-state index contributed by atoms with van der Waals surface area (Å²) in [7, 11) is 2.17. The Morgan fingerprint density at radius 1 is 1.57 bits per heavy atom. The van der Waals surface area contributed by atoms with E-state index in [0.29, 0.717) is 11.0 Å². The first-order valence-electron chi connectivity index (χ1n) is 5.26. The molecule has 14 heavy (non-hydrogen) atoms. The van der Waals surface area contributed by atoms with Crippen molar-refractivity contribution in [3.63, 3.8) is 0 Å². The normalized spacial score (nSPS) is 21.7. The van der Waals surface area contributed by atoms with E-state index in [1.807, 2.05) is 0 Å². The van der Waals surface area contributed by atoms with Gasteiger partial charge >= 0.3 is 0 Å². The molecule has 0 bridgehead atoms. The number of thiocarbonyl (C=S) groups is 1. The molecule has 0 amide bonds. The molecule has 1 saturated heterocycles. The minimum Gasteiger partial charge on any atom is -0.393 e. The molecule has 4 heteroatoms. The monoisotopic (exact) mass is 216 g/mol. The van der Waals surface area contributed by atoms with Crippen molar-refractivity contribution in [1.29, 1.82) is 0 Å². The Hall–Kier alpha value is -0.190. The lowest BCUT2D eigenvalue weighted by Gasteiger charge is -2.22. The topological polar surface area (TPSA) is 38.5 Å². The summed E-state index contributed by atoms with van der Waals surface area (Å²) in [5.74, 6) is 0. The first kappa shape index (κ1) is 11.9. The van der Waals surface area contributed by atoms with Crippen molar-refractivity contribution in [2.24, 2.45) is 5.73 Å². The third-order valence-electron chi connectivity index (χ3n) is 2.71. The third-order valence-corrected chi connectivity index (χ3v) is 2.92. The number of hydrogen-bond acceptors (Lipinski definition) is 3. The molecular formula is C10H20N2OS. The van der Waals surface area contributed by atoms with Gasteiger partial charge in [-0.05, 0) is 39.3 Å². The van der Waals surface area contributed by atoms with Crippen LogP contribution in [0.15, 0.2) is 0 Å². The van der Waals surface area contributed by atoms with Crippen LogP contribution in [0.1, 0.15) is 25.7 Å². The number of hydrogen-bond donors (Lipinski definition) is 1. The molecule has 1 atom stereocenters. The first-order chi connectivity index (χ1) is 6.70. The number of ether oxygens (including phenoxy) is 1. The summed E-state index contributed by atoms with van der Waals surface area (Å²) < 4.78 is 5.34. The average Bonchev–Trinajstić information content (AvgIpc) is 2.64. The van der Waals surface area contributed by atoms with Gasteiger partial charge in [0.2, 0.25) is 0 Å². The Balaban J connectivity index is 2.02. The largest absolute Gasteiger partial charge is 0.393 e. The summed E-state index contributed by atoms with van der Waals surface area (Å²) in [6, 6.07) is 0.625. The fraction of sp³-hybridized carbons (Fsp3) is 0.900. The van der Waals surface area contributed by atoms with Crippen LogP contribution in [0.2, 0.25) is 0 Å². The van der Waals surface area contributed by atoms with Gasteiger partial charge in [0.05, 0.1) is 11.6 Å². The minimum absolute atomic E-state index is 0.625. The first-order valence-corrected chi connectivity index (χ1v) is 5.67. The molecule has 0 spiro atoms. The highest BCUT2D eigenvalue weighted by Crippen LogP contribution is 2.11. The summed E-state index contributed by atoms with van der Waals surface area (Å²) in [6.07, 6.45) is 4.33. The van der Waals surface area contributed by atoms with Crippen molar-refractivity contribution in [3.05, 3.63) is 0 Å². The molecule has 1 aliphatic rings. The molecule has 2 N–H and O–H groups in total. The molecule has 0 saturated carbocycles. The summed E-state index contributed by atoms with van der Waals surface area (Å²) in [5.41, 5.74) is 5.43. The van der Waals surface area contributed by atoms with Crippen molar-refractivity contribution in [2.75, 3.05) is 26.8 Å². The maximum absolute atomic E-state index is 5.43. The van der Waals surface area contributed by atoms with Crippen LogP contribution in [-0.4, -0.2) is 42.7 Å². The number of unbranched alkanes of at least 4 members (excludes halogenated alkanes) is 1. The van der Waals surface area contributed by atoms with E-state index < -0.39 is 0 Å². The predicted octanol–water partition coefficient (Wildman–Crippen LogP) is 1.16. The Morgan fingerprint density at radius 3 is 2.93 bits per heavy atom. The summed E-state index contributed by atoms with van der Waals surface area (Å²) in [5, 5.41) is 0. The Morgan fingerprint density at radius 2 is 2.36 bits per heavy atom. The summed E-state index contributed by atoms with van der Waals surface area (Å²) >= 11 is 4.83. The van der Waals surface area contributed by atoms with Gasteiger partial charge in [-0.25, -0.2) is 0 Å². The maximum atomic E-state index is 5.43. The zero-order valence-corrected chi connectivity index (χ0v) is 9.68. The standard InChI is InChI=1S/C10H20N2OS/c1-12(9-5-7-13-8-9)6-3-2-4-10(11)14/h9H,2-8H2,1H3,(H2,11,14). The Kier molecular flexibility index (Phi) is 5.37. The minimum atomic E-state index is 0.625. The van der Waals surface area contributed by atoms with E-state index >= 15 is 0 Å². The predicted molar refractivity (Wildman–Crippen MR) is 62.5 cm³/mol. The van der Waals surface area contributed by atoms with E-state index in [-0.39, 0.29) is 0 Å². The van der Waals surface area contributed by atoms with Crippen LogP contribution in [0.5, 0.6) is 0 Å². The highest BCUT2D eigenvalue weighted by atomic mass is 32.1. The SMILES string of the molecule is CN(CCCCC(N)=S)C1CCOC1. The van der Waals surface area contributed by atoms with E-state index in [1.165, 1.54) is 12.8 Å². The third kappa shape index (κ3) is 4.35. The van der Waals surface area contributed by atoms with Gasteiger partial charge in [0.25, 0.3) is 0 Å². The second-order valence-corrected chi connectivity index (χ2v) is 4.45. The van der Waals surface area contributed by atoms with Crippen molar-refractivity contribution in [2.45, 2.75) is 31.7 Å². The smallest absolute Gasteiger partial charge is 0.0727 e. The molecule has 0 aromatic heterocycles. The van der Waals surface area contributed by atoms with E-state index in [0.717, 1.165) is 32.6 Å². The molecule has 0 aromatic rings. The second-order valence-electron chi connectivity index (χ2n) is 3.92. The summed E-state index contributed by atoms with van der Waals surface area (Å²) in [4.78, 5) is 3.02. The van der Waals surface area contributed by atoms with E-state index in [9.17, 15) is 0 Å². The Labute approximate surface area is 91.6 Å². The summed E-state index contributed by atoms with van der Waals surface area (Å²) in [6.45, 7) is 2.93. The zero-order valence-electron chi connectivity index (χ0n) is 8.87. The van der Waals surface area contributed by atoms with Crippen LogP contribution in [0, 0.1) is 0 Å². The van der Waals surface area contributed by atoms with Gasteiger partial charge < -0.3 is 15.4 Å². The van der Waals surface area contributed by atoms with Gasteiger partial charge in [0, 0.05) is 12.6 Å². The average molecular weight is 216 g/mol. The number of rotatable bonds is 6.